The molecule has 0 amide bonds. The summed E-state index contributed by atoms with van der Waals surface area (Å²) in [7, 11) is 1.98. The second-order valence-electron chi connectivity index (χ2n) is 4.94. The molecular formula is C15H22BrNO2. The van der Waals surface area contributed by atoms with E-state index in [2.05, 4.69) is 34.2 Å². The van der Waals surface area contributed by atoms with Crippen LogP contribution in [0.4, 0.5) is 0 Å². The lowest BCUT2D eigenvalue weighted by atomic mass is 9.98. The fraction of sp³-hybridized carbons (Fsp3) is 0.600. The molecule has 0 saturated carbocycles. The van der Waals surface area contributed by atoms with Gasteiger partial charge in [0.1, 0.15) is 5.75 Å². The second kappa shape index (κ2) is 6.73. The average Bonchev–Trinajstić information content (AvgIpc) is 2.80. The molecular weight excluding hydrogens is 306 g/mol. The molecule has 1 heterocycles. The summed E-state index contributed by atoms with van der Waals surface area (Å²) in [6.45, 7) is 4.82. The summed E-state index contributed by atoms with van der Waals surface area (Å²) >= 11 is 3.54. The SMILES string of the molecule is CCOc1ccc(Br)cc1C(NC)C1CCC(C)O1. The van der Waals surface area contributed by atoms with Crippen molar-refractivity contribution in [3.63, 3.8) is 0 Å². The molecule has 106 valence electrons. The fourth-order valence-electron chi connectivity index (χ4n) is 2.67. The maximum Gasteiger partial charge on any atom is 0.124 e. The lowest BCUT2D eigenvalue weighted by Gasteiger charge is -2.25. The van der Waals surface area contributed by atoms with Crippen molar-refractivity contribution in [2.45, 2.75) is 44.9 Å². The summed E-state index contributed by atoms with van der Waals surface area (Å²) in [6.07, 6.45) is 2.78. The van der Waals surface area contributed by atoms with Crippen molar-refractivity contribution in [1.82, 2.24) is 5.32 Å². The van der Waals surface area contributed by atoms with E-state index in [1.165, 1.54) is 0 Å². The van der Waals surface area contributed by atoms with Gasteiger partial charge in [0, 0.05) is 10.0 Å². The van der Waals surface area contributed by atoms with Crippen LogP contribution in [0.2, 0.25) is 0 Å². The van der Waals surface area contributed by atoms with Crippen molar-refractivity contribution >= 4 is 15.9 Å². The maximum absolute atomic E-state index is 6.01. The highest BCUT2D eigenvalue weighted by atomic mass is 79.9. The molecule has 0 radical (unpaired) electrons. The lowest BCUT2D eigenvalue weighted by molar-refractivity contribution is 0.0327. The molecule has 4 heteroatoms. The third-order valence-electron chi connectivity index (χ3n) is 3.55. The van der Waals surface area contributed by atoms with E-state index in [9.17, 15) is 0 Å². The highest BCUT2D eigenvalue weighted by molar-refractivity contribution is 9.10. The van der Waals surface area contributed by atoms with Crippen LogP contribution in [-0.4, -0.2) is 25.9 Å². The van der Waals surface area contributed by atoms with Crippen molar-refractivity contribution < 1.29 is 9.47 Å². The monoisotopic (exact) mass is 327 g/mol. The van der Waals surface area contributed by atoms with Crippen molar-refractivity contribution in [2.75, 3.05) is 13.7 Å². The Morgan fingerprint density at radius 3 is 2.84 bits per heavy atom. The van der Waals surface area contributed by atoms with Crippen LogP contribution in [0, 0.1) is 0 Å². The number of benzene rings is 1. The Balaban J connectivity index is 2.28. The number of hydrogen-bond acceptors (Lipinski definition) is 3. The lowest BCUT2D eigenvalue weighted by Crippen LogP contribution is -2.30. The summed E-state index contributed by atoms with van der Waals surface area (Å²) in [5.74, 6) is 0.938. The van der Waals surface area contributed by atoms with Gasteiger partial charge >= 0.3 is 0 Å². The van der Waals surface area contributed by atoms with E-state index in [4.69, 9.17) is 9.47 Å². The number of halogens is 1. The minimum absolute atomic E-state index is 0.170. The van der Waals surface area contributed by atoms with E-state index >= 15 is 0 Å². The molecule has 1 N–H and O–H groups in total. The zero-order valence-electron chi connectivity index (χ0n) is 11.8. The molecule has 0 bridgehead atoms. The first-order valence-corrected chi connectivity index (χ1v) is 7.70. The zero-order chi connectivity index (χ0) is 13.8. The summed E-state index contributed by atoms with van der Waals surface area (Å²) in [4.78, 5) is 0. The zero-order valence-corrected chi connectivity index (χ0v) is 13.4. The predicted octanol–water partition coefficient (Wildman–Crippen LogP) is 3.68. The molecule has 3 unspecified atom stereocenters. The van der Waals surface area contributed by atoms with Gasteiger partial charge in [-0.25, -0.2) is 0 Å². The Morgan fingerprint density at radius 2 is 2.26 bits per heavy atom. The predicted molar refractivity (Wildman–Crippen MR) is 80.7 cm³/mol. The van der Waals surface area contributed by atoms with E-state index in [-0.39, 0.29) is 12.1 Å². The van der Waals surface area contributed by atoms with Crippen molar-refractivity contribution in [1.29, 1.82) is 0 Å². The van der Waals surface area contributed by atoms with Gasteiger partial charge in [0.05, 0.1) is 24.9 Å². The van der Waals surface area contributed by atoms with E-state index in [1.807, 2.05) is 26.1 Å². The number of ether oxygens (including phenoxy) is 2. The molecule has 0 aliphatic carbocycles. The Kier molecular flexibility index (Phi) is 5.25. The van der Waals surface area contributed by atoms with Gasteiger partial charge in [-0.15, -0.1) is 0 Å². The minimum atomic E-state index is 0.170. The molecule has 1 aromatic rings. The first-order valence-electron chi connectivity index (χ1n) is 6.90. The summed E-state index contributed by atoms with van der Waals surface area (Å²) in [5, 5.41) is 3.38. The highest BCUT2D eigenvalue weighted by Gasteiger charge is 2.31. The van der Waals surface area contributed by atoms with Gasteiger partial charge in [0.25, 0.3) is 0 Å². The highest BCUT2D eigenvalue weighted by Crippen LogP contribution is 2.35. The molecule has 1 aromatic carbocycles. The second-order valence-corrected chi connectivity index (χ2v) is 5.86. The quantitative estimate of drug-likeness (QED) is 0.894. The Bertz CT molecular complexity index is 425. The standard InChI is InChI=1S/C15H22BrNO2/c1-4-18-13-8-6-11(16)9-12(13)15(17-3)14-7-5-10(2)19-14/h6,8-10,14-15,17H,4-5,7H2,1-3H3. The summed E-state index contributed by atoms with van der Waals surface area (Å²) in [6, 6.07) is 6.33. The third kappa shape index (κ3) is 3.50. The smallest absolute Gasteiger partial charge is 0.124 e. The van der Waals surface area contributed by atoms with E-state index < -0.39 is 0 Å². The minimum Gasteiger partial charge on any atom is -0.494 e. The maximum atomic E-state index is 6.01. The van der Waals surface area contributed by atoms with Gasteiger partial charge in [-0.1, -0.05) is 15.9 Å². The van der Waals surface area contributed by atoms with Gasteiger partial charge in [-0.2, -0.15) is 0 Å². The third-order valence-corrected chi connectivity index (χ3v) is 4.05. The molecule has 3 atom stereocenters. The van der Waals surface area contributed by atoms with E-state index in [0.717, 1.165) is 28.6 Å². The Hall–Kier alpha value is -0.580. The van der Waals surface area contributed by atoms with Crippen LogP contribution in [0.5, 0.6) is 5.75 Å². The number of nitrogens with one attached hydrogen (secondary N) is 1. The van der Waals surface area contributed by atoms with Crippen LogP contribution in [0.15, 0.2) is 22.7 Å². The molecule has 1 aliphatic rings. The molecule has 1 aliphatic heterocycles. The molecule has 0 spiro atoms. The summed E-state index contributed by atoms with van der Waals surface area (Å²) in [5.41, 5.74) is 1.16. The molecule has 1 fully saturated rings. The van der Waals surface area contributed by atoms with Gasteiger partial charge in [-0.05, 0) is 51.9 Å². The van der Waals surface area contributed by atoms with Crippen LogP contribution >= 0.6 is 15.9 Å². The van der Waals surface area contributed by atoms with Gasteiger partial charge < -0.3 is 14.8 Å². The first kappa shape index (κ1) is 14.8. The number of likely N-dealkylation sites (N-methyl/N-ethyl adjacent to an activating group) is 1. The van der Waals surface area contributed by atoms with Crippen molar-refractivity contribution in [3.8, 4) is 5.75 Å². The largest absolute Gasteiger partial charge is 0.494 e. The van der Waals surface area contributed by atoms with E-state index in [1.54, 1.807) is 0 Å². The van der Waals surface area contributed by atoms with Crippen LogP contribution in [0.25, 0.3) is 0 Å². The molecule has 1 saturated heterocycles. The molecule has 3 nitrogen and oxygen atoms in total. The van der Waals surface area contributed by atoms with Crippen molar-refractivity contribution in [2.24, 2.45) is 0 Å². The van der Waals surface area contributed by atoms with Crippen LogP contribution in [-0.2, 0) is 4.74 Å². The molecule has 19 heavy (non-hydrogen) atoms. The molecule has 2 rings (SSSR count). The van der Waals surface area contributed by atoms with E-state index in [0.29, 0.717) is 12.7 Å². The van der Waals surface area contributed by atoms with Crippen LogP contribution in [0.3, 0.4) is 0 Å². The fourth-order valence-corrected chi connectivity index (χ4v) is 3.05. The Labute approximate surface area is 123 Å². The molecule has 0 aromatic heterocycles. The normalized spacial score (nSPS) is 24.4. The topological polar surface area (TPSA) is 30.5 Å². The van der Waals surface area contributed by atoms with Gasteiger partial charge in [0.2, 0.25) is 0 Å². The van der Waals surface area contributed by atoms with Crippen molar-refractivity contribution in [3.05, 3.63) is 28.2 Å². The first-order chi connectivity index (χ1) is 9.15. The van der Waals surface area contributed by atoms with Gasteiger partial charge in [0.15, 0.2) is 0 Å². The number of rotatable bonds is 5. The Morgan fingerprint density at radius 1 is 1.47 bits per heavy atom. The van der Waals surface area contributed by atoms with Crippen LogP contribution < -0.4 is 10.1 Å². The van der Waals surface area contributed by atoms with Crippen LogP contribution in [0.1, 0.15) is 38.3 Å². The number of hydrogen-bond donors (Lipinski definition) is 1. The van der Waals surface area contributed by atoms with Gasteiger partial charge in [-0.3, -0.25) is 0 Å². The average molecular weight is 328 g/mol. The summed E-state index contributed by atoms with van der Waals surface area (Å²) < 4.78 is 12.8.